The highest BCUT2D eigenvalue weighted by Crippen LogP contribution is 2.27. The molecule has 0 radical (unpaired) electrons. The molecule has 7 heteroatoms. The van der Waals surface area contributed by atoms with E-state index in [1.165, 1.54) is 0 Å². The quantitative estimate of drug-likeness (QED) is 0.540. The molecule has 3 fully saturated rings. The molecule has 7 nitrogen and oxygen atoms in total. The van der Waals surface area contributed by atoms with Gasteiger partial charge in [0.15, 0.2) is 0 Å². The monoisotopic (exact) mass is 280 g/mol. The van der Waals surface area contributed by atoms with E-state index in [4.69, 9.17) is 0 Å². The van der Waals surface area contributed by atoms with Crippen LogP contribution in [0.3, 0.4) is 0 Å². The number of piperidine rings is 1. The molecule has 3 saturated heterocycles. The van der Waals surface area contributed by atoms with E-state index in [-0.39, 0.29) is 24.3 Å². The number of rotatable bonds is 1. The summed E-state index contributed by atoms with van der Waals surface area (Å²) in [4.78, 5) is 37.6. The number of amides is 4. The molecule has 3 aliphatic heterocycles. The fourth-order valence-corrected chi connectivity index (χ4v) is 3.43. The van der Waals surface area contributed by atoms with E-state index in [2.05, 4.69) is 22.9 Å². The van der Waals surface area contributed by atoms with Crippen LogP contribution < -0.4 is 16.0 Å². The van der Waals surface area contributed by atoms with Crippen LogP contribution in [0.15, 0.2) is 0 Å². The molecule has 0 aromatic rings. The van der Waals surface area contributed by atoms with Crippen LogP contribution >= 0.6 is 0 Å². The molecular formula is C13H20N4O3. The summed E-state index contributed by atoms with van der Waals surface area (Å²) in [5.41, 5.74) is -0.916. The third kappa shape index (κ3) is 2.06. The lowest BCUT2D eigenvalue weighted by Gasteiger charge is -2.39. The molecule has 3 N–H and O–H groups in total. The minimum absolute atomic E-state index is 0.0229. The van der Waals surface area contributed by atoms with Crippen molar-refractivity contribution in [3.8, 4) is 0 Å². The van der Waals surface area contributed by atoms with Crippen LogP contribution in [-0.2, 0) is 9.59 Å². The highest BCUT2D eigenvalue weighted by atomic mass is 16.2. The van der Waals surface area contributed by atoms with Crippen molar-refractivity contribution in [2.75, 3.05) is 26.2 Å². The Kier molecular flexibility index (Phi) is 3.16. The van der Waals surface area contributed by atoms with E-state index < -0.39 is 11.6 Å². The number of likely N-dealkylation sites (tertiary alicyclic amines) is 1. The molecule has 0 aromatic heterocycles. The third-order valence-electron chi connectivity index (χ3n) is 4.65. The zero-order valence-corrected chi connectivity index (χ0v) is 11.6. The Bertz CT molecular complexity index is 467. The van der Waals surface area contributed by atoms with Crippen molar-refractivity contribution in [1.82, 2.24) is 20.9 Å². The number of carbonyl (C=O) groups excluding carboxylic acids is 3. The van der Waals surface area contributed by atoms with Crippen molar-refractivity contribution >= 4 is 17.8 Å². The number of nitrogens with one attached hydrogen (secondary N) is 3. The smallest absolute Gasteiger partial charge is 0.322 e. The minimum atomic E-state index is -0.916. The summed E-state index contributed by atoms with van der Waals surface area (Å²) in [7, 11) is 0. The van der Waals surface area contributed by atoms with Crippen LogP contribution in [0.5, 0.6) is 0 Å². The standard InChI is InChI=1S/C13H20N4O3/c1-8-5-14-6-9(8)10(18)17-4-2-3-13(7-17)11(19)15-12(20)16-13/h8-9,14H,2-7H2,1H3,(H2,15,16,19,20)/t8-,9-,13?/m1/s1. The van der Waals surface area contributed by atoms with Crippen LogP contribution in [0.1, 0.15) is 19.8 Å². The topological polar surface area (TPSA) is 90.5 Å². The predicted molar refractivity (Wildman–Crippen MR) is 70.7 cm³/mol. The molecular weight excluding hydrogens is 260 g/mol. The maximum atomic E-state index is 12.6. The van der Waals surface area contributed by atoms with Gasteiger partial charge < -0.3 is 15.5 Å². The number of nitrogens with zero attached hydrogens (tertiary/aromatic N) is 1. The predicted octanol–water partition coefficient (Wildman–Crippen LogP) is -0.957. The second kappa shape index (κ2) is 4.73. The van der Waals surface area contributed by atoms with Crippen molar-refractivity contribution in [1.29, 1.82) is 0 Å². The molecule has 0 bridgehead atoms. The molecule has 1 unspecified atom stereocenters. The fourth-order valence-electron chi connectivity index (χ4n) is 3.43. The molecule has 0 aromatic carbocycles. The molecule has 0 aliphatic carbocycles. The van der Waals surface area contributed by atoms with Gasteiger partial charge in [-0.2, -0.15) is 0 Å². The molecule has 20 heavy (non-hydrogen) atoms. The van der Waals surface area contributed by atoms with E-state index in [1.54, 1.807) is 4.90 Å². The van der Waals surface area contributed by atoms with Crippen LogP contribution in [0, 0.1) is 11.8 Å². The Balaban J connectivity index is 1.74. The van der Waals surface area contributed by atoms with Gasteiger partial charge in [-0.1, -0.05) is 6.92 Å². The lowest BCUT2D eigenvalue weighted by atomic mass is 9.87. The Morgan fingerprint density at radius 3 is 2.75 bits per heavy atom. The van der Waals surface area contributed by atoms with Gasteiger partial charge >= 0.3 is 6.03 Å². The minimum Gasteiger partial charge on any atom is -0.340 e. The summed E-state index contributed by atoms with van der Waals surface area (Å²) in [6, 6.07) is -0.458. The van der Waals surface area contributed by atoms with Crippen molar-refractivity contribution < 1.29 is 14.4 Å². The molecule has 0 saturated carbocycles. The fraction of sp³-hybridized carbons (Fsp3) is 0.769. The van der Waals surface area contributed by atoms with Gasteiger partial charge in [-0.25, -0.2) is 4.79 Å². The highest BCUT2D eigenvalue weighted by molar-refractivity contribution is 6.07. The SMILES string of the molecule is C[C@@H]1CNC[C@H]1C(=O)N1CCCC2(C1)NC(=O)NC2=O. The van der Waals surface area contributed by atoms with Gasteiger partial charge in [-0.05, 0) is 25.3 Å². The van der Waals surface area contributed by atoms with Gasteiger partial charge in [-0.3, -0.25) is 14.9 Å². The Hall–Kier alpha value is -1.63. The normalized spacial score (nSPS) is 37.1. The molecule has 1 spiro atoms. The third-order valence-corrected chi connectivity index (χ3v) is 4.65. The summed E-state index contributed by atoms with van der Waals surface area (Å²) >= 11 is 0. The van der Waals surface area contributed by atoms with Crippen molar-refractivity contribution in [2.24, 2.45) is 11.8 Å². The second-order valence-electron chi connectivity index (χ2n) is 6.10. The zero-order valence-electron chi connectivity index (χ0n) is 11.6. The maximum absolute atomic E-state index is 12.6. The summed E-state index contributed by atoms with van der Waals surface area (Å²) in [6.45, 7) is 4.56. The first-order chi connectivity index (χ1) is 9.52. The number of urea groups is 1. The molecule has 4 amide bonds. The number of hydrogen-bond acceptors (Lipinski definition) is 4. The van der Waals surface area contributed by atoms with Crippen LogP contribution in [0.2, 0.25) is 0 Å². The largest absolute Gasteiger partial charge is 0.340 e. The van der Waals surface area contributed by atoms with Crippen molar-refractivity contribution in [3.63, 3.8) is 0 Å². The van der Waals surface area contributed by atoms with Gasteiger partial charge in [0.1, 0.15) is 5.54 Å². The number of carbonyl (C=O) groups is 3. The van der Waals surface area contributed by atoms with E-state index >= 15 is 0 Å². The summed E-state index contributed by atoms with van der Waals surface area (Å²) < 4.78 is 0. The average molecular weight is 280 g/mol. The molecule has 3 rings (SSSR count). The Morgan fingerprint density at radius 1 is 1.35 bits per heavy atom. The van der Waals surface area contributed by atoms with E-state index in [9.17, 15) is 14.4 Å². The Labute approximate surface area is 117 Å². The van der Waals surface area contributed by atoms with Gasteiger partial charge in [0.05, 0.1) is 12.5 Å². The lowest BCUT2D eigenvalue weighted by molar-refractivity contribution is -0.140. The summed E-state index contributed by atoms with van der Waals surface area (Å²) in [5.74, 6) is 0.0748. The summed E-state index contributed by atoms with van der Waals surface area (Å²) in [5, 5.41) is 8.19. The van der Waals surface area contributed by atoms with Crippen molar-refractivity contribution in [3.05, 3.63) is 0 Å². The van der Waals surface area contributed by atoms with Crippen LogP contribution in [-0.4, -0.2) is 54.5 Å². The van der Waals surface area contributed by atoms with E-state index in [1.807, 2.05) is 0 Å². The van der Waals surface area contributed by atoms with Gasteiger partial charge in [-0.15, -0.1) is 0 Å². The van der Waals surface area contributed by atoms with Crippen molar-refractivity contribution in [2.45, 2.75) is 25.3 Å². The number of hydrogen-bond donors (Lipinski definition) is 3. The van der Waals surface area contributed by atoms with Gasteiger partial charge in [0.25, 0.3) is 5.91 Å². The first-order valence-corrected chi connectivity index (χ1v) is 7.15. The van der Waals surface area contributed by atoms with Gasteiger partial charge in [0, 0.05) is 13.1 Å². The lowest BCUT2D eigenvalue weighted by Crippen LogP contribution is -2.60. The van der Waals surface area contributed by atoms with Crippen LogP contribution in [0.4, 0.5) is 4.79 Å². The zero-order chi connectivity index (χ0) is 14.3. The molecule has 3 atom stereocenters. The second-order valence-corrected chi connectivity index (χ2v) is 6.10. The Morgan fingerprint density at radius 2 is 2.15 bits per heavy atom. The average Bonchev–Trinajstić information content (AvgIpc) is 2.94. The first-order valence-electron chi connectivity index (χ1n) is 7.15. The molecule has 3 heterocycles. The van der Waals surface area contributed by atoms with Crippen LogP contribution in [0.25, 0.3) is 0 Å². The van der Waals surface area contributed by atoms with E-state index in [0.717, 1.165) is 13.0 Å². The molecule has 3 aliphatic rings. The first kappa shape index (κ1) is 13.4. The van der Waals surface area contributed by atoms with E-state index in [0.29, 0.717) is 25.4 Å². The summed E-state index contributed by atoms with van der Waals surface area (Å²) in [6.07, 6.45) is 1.32. The highest BCUT2D eigenvalue weighted by Gasteiger charge is 2.50. The van der Waals surface area contributed by atoms with Gasteiger partial charge in [0.2, 0.25) is 5.91 Å². The molecule has 110 valence electrons. The number of imide groups is 1. The maximum Gasteiger partial charge on any atom is 0.322 e.